The molecule has 0 amide bonds. The van der Waals surface area contributed by atoms with Gasteiger partial charge < -0.3 is 19.6 Å². The molecule has 11 heteroatoms. The Morgan fingerprint density at radius 3 is 0.963 bits per heavy atom. The van der Waals surface area contributed by atoms with Gasteiger partial charge in [-0.3, -0.25) is 0 Å². The molecule has 2 aliphatic rings. The molecule has 1 aromatic heterocycles. The Morgan fingerprint density at radius 1 is 0.420 bits per heavy atom. The molecule has 0 aliphatic carbocycles. The molecule has 444 valence electrons. The predicted molar refractivity (Wildman–Crippen MR) is 355 cm³/mol. The molecule has 0 saturated carbocycles. The first-order chi connectivity index (χ1) is 38.4. The van der Waals surface area contributed by atoms with Gasteiger partial charge in [0.25, 0.3) is 0 Å². The van der Waals surface area contributed by atoms with E-state index in [-0.39, 0.29) is 0 Å². The number of nitrogens with zero attached hydrogens (tertiary/aromatic N) is 5. The van der Waals surface area contributed by atoms with Crippen molar-refractivity contribution in [2.24, 2.45) is 0 Å². The van der Waals surface area contributed by atoms with Gasteiger partial charge in [-0.25, -0.2) is 0 Å². The summed E-state index contributed by atoms with van der Waals surface area (Å²) >= 11 is -3.24. The van der Waals surface area contributed by atoms with E-state index in [0.29, 0.717) is 47.3 Å². The number of halogens is 4. The summed E-state index contributed by atoms with van der Waals surface area (Å²) < 4.78 is 3.90. The van der Waals surface area contributed by atoms with Crippen LogP contribution in [0, 0.1) is 20.3 Å². The van der Waals surface area contributed by atoms with Gasteiger partial charge >= 0.3 is 165 Å². The molecule has 0 radical (unpaired) electrons. The second-order valence-electron chi connectivity index (χ2n) is 23.6. The normalized spacial score (nSPS) is 13.8. The molecule has 2 fully saturated rings. The molecule has 6 aromatic rings. The number of aromatic nitrogens is 1. The molecular formula is C70H94Cl4N5Ru2-. The standard InChI is InChI=1S/2C27H39N2.C8H9N.C8H7.4ClH.2Ru/c2*1-18(2)22-11-9-12-23(19(3)4)26(22)28-15-16-29(17-28)27-24(20(5)6)13-10-14-25(27)21(7)8;1-2-5-8-6-3-4-7-9-8;1-7-5-3-4-6-8(7)2;;;;;;/h2*9-14,17-21H,15-16H2,1-8H3;1,3-4,6-7H,2,5H2;1,3-6H,2H2;4*1H;;/q2*-1;;+1;;;;;2*+2/p-4. The minimum absolute atomic E-state index is 0.514. The number of para-hydroxylation sites is 4. The van der Waals surface area contributed by atoms with Crippen LogP contribution in [0.5, 0.6) is 0 Å². The summed E-state index contributed by atoms with van der Waals surface area (Å²) in [6, 6.07) is 41.1. The zero-order valence-corrected chi connectivity index (χ0v) is 57.9. The van der Waals surface area contributed by atoms with Gasteiger partial charge in [0.15, 0.2) is 0 Å². The Bertz CT molecular complexity index is 2570. The third-order valence-electron chi connectivity index (χ3n) is 14.8. The summed E-state index contributed by atoms with van der Waals surface area (Å²) in [5, 5.41) is 0. The van der Waals surface area contributed by atoms with Crippen molar-refractivity contribution in [2.75, 3.05) is 45.8 Å². The van der Waals surface area contributed by atoms with E-state index < -0.39 is 27.0 Å². The summed E-state index contributed by atoms with van der Waals surface area (Å²) in [6.45, 7) is 49.7. The van der Waals surface area contributed by atoms with Crippen molar-refractivity contribution < 1.29 is 27.0 Å². The van der Waals surface area contributed by atoms with Gasteiger partial charge in [-0.15, -0.1) is 0 Å². The Kier molecular flexibility index (Phi) is 28.0. The van der Waals surface area contributed by atoms with Crippen LogP contribution in [0.4, 0.5) is 22.7 Å². The maximum absolute atomic E-state index is 5.71. The Hall–Kier alpha value is -3.53. The summed E-state index contributed by atoms with van der Waals surface area (Å²) in [6.07, 6.45) is 3.67. The third kappa shape index (κ3) is 19.5. The number of hydrogen-bond donors (Lipinski definition) is 0. The van der Waals surface area contributed by atoms with Gasteiger partial charge in [-0.05, 0) is 91.9 Å². The summed E-state index contributed by atoms with van der Waals surface area (Å²) in [7, 11) is 22.8. The molecule has 3 heterocycles. The quantitative estimate of drug-likeness (QED) is 0.0711. The Morgan fingerprint density at radius 2 is 0.716 bits per heavy atom. The van der Waals surface area contributed by atoms with Gasteiger partial charge in [0.05, 0.1) is 0 Å². The van der Waals surface area contributed by atoms with Gasteiger partial charge in [0.2, 0.25) is 0 Å². The molecule has 2 saturated heterocycles. The van der Waals surface area contributed by atoms with Crippen LogP contribution in [0.3, 0.4) is 0 Å². The second-order valence-corrected chi connectivity index (χ2v) is 35.3. The molecule has 8 rings (SSSR count). The topological polar surface area (TPSA) is 25.9 Å². The van der Waals surface area contributed by atoms with E-state index in [0.717, 1.165) is 55.8 Å². The van der Waals surface area contributed by atoms with E-state index in [1.807, 2.05) is 51.7 Å². The van der Waals surface area contributed by atoms with Crippen molar-refractivity contribution in [2.45, 2.75) is 171 Å². The fraction of sp³-hybridized carbons (Fsp3) is 0.429. The van der Waals surface area contributed by atoms with Crippen molar-refractivity contribution in [3.8, 4) is 0 Å². The number of benzene rings is 5. The molecular weight excluding hydrogens is 1250 g/mol. The van der Waals surface area contributed by atoms with E-state index in [1.165, 1.54) is 67.3 Å². The third-order valence-corrected chi connectivity index (χ3v) is 19.0. The van der Waals surface area contributed by atoms with Crippen LogP contribution in [0.1, 0.15) is 226 Å². The Labute approximate surface area is 518 Å². The van der Waals surface area contributed by atoms with E-state index >= 15 is 0 Å². The van der Waals surface area contributed by atoms with E-state index in [1.54, 1.807) is 6.20 Å². The molecule has 0 unspecified atom stereocenters. The van der Waals surface area contributed by atoms with Crippen LogP contribution in [-0.2, 0) is 33.5 Å². The fourth-order valence-corrected chi connectivity index (χ4v) is 14.0. The summed E-state index contributed by atoms with van der Waals surface area (Å²) in [4.78, 5) is 14.2. The zero-order valence-electron chi connectivity index (χ0n) is 51.4. The SMILES string of the molecule is CC(C)c1cccc(C(C)C)c1N1[CH-]N(c2c(C(C)C)cccc2C(C)C)CC1.CC(C)c1cccc(C(C)C)c1N1[CH-]N(c2c(C(C)C)cccc2C(C)C)CC1.[CH2+]c1ccccc1[CH]=[Ru]([Cl])[Cl].[Cl][Ru]([Cl])=[CH]CCc1ccccn1. The number of anilines is 4. The van der Waals surface area contributed by atoms with Crippen LogP contribution >= 0.6 is 38.8 Å². The average Bonchev–Trinajstić information content (AvgIpc) is 4.13. The van der Waals surface area contributed by atoms with Gasteiger partial charge in [0, 0.05) is 48.9 Å². The molecule has 0 bridgehead atoms. The van der Waals surface area contributed by atoms with Crippen molar-refractivity contribution in [3.05, 3.63) is 203 Å². The zero-order chi connectivity index (χ0) is 59.7. The molecule has 5 nitrogen and oxygen atoms in total. The van der Waals surface area contributed by atoms with Crippen molar-refractivity contribution in [1.29, 1.82) is 0 Å². The molecule has 0 spiro atoms. The molecule has 2 aliphatic heterocycles. The molecule has 81 heavy (non-hydrogen) atoms. The first-order valence-electron chi connectivity index (χ1n) is 29.2. The first kappa shape index (κ1) is 68.2. The van der Waals surface area contributed by atoms with Crippen LogP contribution in [0.2, 0.25) is 0 Å². The number of rotatable bonds is 16. The van der Waals surface area contributed by atoms with Crippen molar-refractivity contribution in [1.82, 2.24) is 4.98 Å². The van der Waals surface area contributed by atoms with Crippen LogP contribution in [0.25, 0.3) is 0 Å². The second kappa shape index (κ2) is 33.2. The predicted octanol–water partition coefficient (Wildman–Crippen LogP) is 20.9. The average molecular weight is 1350 g/mol. The van der Waals surface area contributed by atoms with Crippen molar-refractivity contribution in [3.63, 3.8) is 0 Å². The van der Waals surface area contributed by atoms with Crippen LogP contribution in [0.15, 0.2) is 121 Å². The van der Waals surface area contributed by atoms with Gasteiger partial charge in [-0.2, -0.15) is 13.3 Å². The minimum atomic E-state index is -1.68. The number of hydrogen-bond acceptors (Lipinski definition) is 5. The van der Waals surface area contributed by atoms with E-state index in [9.17, 15) is 0 Å². The summed E-state index contributed by atoms with van der Waals surface area (Å²) in [5.74, 6) is 4.11. The number of pyridine rings is 1. The van der Waals surface area contributed by atoms with Gasteiger partial charge in [-0.1, -0.05) is 184 Å². The van der Waals surface area contributed by atoms with Crippen LogP contribution < -0.4 is 19.6 Å². The van der Waals surface area contributed by atoms with Crippen LogP contribution in [-0.4, -0.2) is 40.4 Å². The van der Waals surface area contributed by atoms with E-state index in [4.69, 9.17) is 38.8 Å². The Balaban J connectivity index is 0.000000216. The fourth-order valence-electron chi connectivity index (χ4n) is 10.6. The molecule has 0 atom stereocenters. The number of aryl methyl sites for hydroxylation is 1. The molecule has 0 N–H and O–H groups in total. The maximum atomic E-state index is 5.71. The van der Waals surface area contributed by atoms with E-state index in [2.05, 4.69) is 228 Å². The monoisotopic (exact) mass is 1350 g/mol. The van der Waals surface area contributed by atoms with Crippen molar-refractivity contribution >= 4 is 70.7 Å². The molecule has 5 aromatic carbocycles. The first-order valence-corrected chi connectivity index (χ1v) is 40.1. The summed E-state index contributed by atoms with van der Waals surface area (Å²) in [5.41, 5.74) is 20.5. The van der Waals surface area contributed by atoms with Gasteiger partial charge in [0.1, 0.15) is 0 Å².